The number of hydrogen-bond donors (Lipinski definition) is 3. The minimum absolute atomic E-state index is 0.0300. The molecule has 0 fully saturated rings. The number of rotatable bonds is 15. The lowest BCUT2D eigenvalue weighted by Crippen LogP contribution is -2.42. The van der Waals surface area contributed by atoms with Gasteiger partial charge in [-0.15, -0.1) is 0 Å². The Morgan fingerprint density at radius 2 is 1.72 bits per heavy atom. The second-order valence-electron chi connectivity index (χ2n) is 6.12. The van der Waals surface area contributed by atoms with Crippen molar-refractivity contribution in [3.05, 3.63) is 0 Å². The van der Waals surface area contributed by atoms with Crippen molar-refractivity contribution in [2.24, 2.45) is 0 Å². The second-order valence-corrected chi connectivity index (χ2v) is 6.12. The number of aliphatic hydroxyl groups is 1. The third-order valence-corrected chi connectivity index (χ3v) is 3.56. The fourth-order valence-electron chi connectivity index (χ4n) is 2.23. The van der Waals surface area contributed by atoms with Crippen LogP contribution in [0.5, 0.6) is 0 Å². The maximum atomic E-state index is 11.7. The number of carbonyl (C=O) groups excluding carboxylic acids is 3. The first-order valence-corrected chi connectivity index (χ1v) is 8.79. The standard InChI is InChI=1S/C17H33N3O5/c1-14(21)6-4-5-7-17(24)19-9-11-20(10-8-18-3)12-16(23)13-25-15(2)22/h16,18,23H,4-13H2,1-3H3,(H,19,24). The fraction of sp³-hybridized carbons (Fsp3) is 0.824. The highest BCUT2D eigenvalue weighted by molar-refractivity contribution is 5.76. The number of aliphatic hydroxyl groups excluding tert-OH is 1. The van der Waals surface area contributed by atoms with E-state index in [0.717, 1.165) is 13.0 Å². The van der Waals surface area contributed by atoms with Crippen LogP contribution < -0.4 is 10.6 Å². The van der Waals surface area contributed by atoms with Crippen LogP contribution in [0.2, 0.25) is 0 Å². The summed E-state index contributed by atoms with van der Waals surface area (Å²) in [6.07, 6.45) is 1.61. The van der Waals surface area contributed by atoms with E-state index in [2.05, 4.69) is 10.6 Å². The van der Waals surface area contributed by atoms with Gasteiger partial charge in [0.1, 0.15) is 18.5 Å². The summed E-state index contributed by atoms with van der Waals surface area (Å²) in [7, 11) is 1.84. The van der Waals surface area contributed by atoms with Gasteiger partial charge >= 0.3 is 5.97 Å². The normalized spacial score (nSPS) is 12.0. The smallest absolute Gasteiger partial charge is 0.302 e. The zero-order chi connectivity index (χ0) is 19.1. The Balaban J connectivity index is 4.02. The van der Waals surface area contributed by atoms with Gasteiger partial charge in [-0.3, -0.25) is 14.5 Å². The van der Waals surface area contributed by atoms with Gasteiger partial charge in [-0.2, -0.15) is 0 Å². The molecule has 0 aromatic carbocycles. The Morgan fingerprint density at radius 1 is 1.08 bits per heavy atom. The van der Waals surface area contributed by atoms with Crippen LogP contribution in [0.4, 0.5) is 0 Å². The lowest BCUT2D eigenvalue weighted by atomic mass is 10.1. The van der Waals surface area contributed by atoms with E-state index in [1.54, 1.807) is 6.92 Å². The predicted octanol–water partition coefficient (Wildman–Crippen LogP) is -0.303. The predicted molar refractivity (Wildman–Crippen MR) is 95.2 cm³/mol. The van der Waals surface area contributed by atoms with E-state index in [1.165, 1.54) is 6.92 Å². The summed E-state index contributed by atoms with van der Waals surface area (Å²) in [6.45, 7) is 5.72. The summed E-state index contributed by atoms with van der Waals surface area (Å²) >= 11 is 0. The number of carbonyl (C=O) groups is 3. The van der Waals surface area contributed by atoms with E-state index >= 15 is 0 Å². The number of amides is 1. The van der Waals surface area contributed by atoms with Crippen LogP contribution in [0.25, 0.3) is 0 Å². The first kappa shape index (κ1) is 23.5. The van der Waals surface area contributed by atoms with E-state index in [-0.39, 0.29) is 18.3 Å². The van der Waals surface area contributed by atoms with Gasteiger partial charge in [0.05, 0.1) is 0 Å². The molecule has 3 N–H and O–H groups in total. The zero-order valence-corrected chi connectivity index (χ0v) is 15.7. The van der Waals surface area contributed by atoms with Gasteiger partial charge < -0.3 is 25.3 Å². The Kier molecular flexibility index (Phi) is 13.9. The van der Waals surface area contributed by atoms with E-state index in [4.69, 9.17) is 4.74 Å². The Bertz CT molecular complexity index is 404. The van der Waals surface area contributed by atoms with Gasteiger partial charge in [-0.05, 0) is 26.8 Å². The first-order valence-electron chi connectivity index (χ1n) is 8.79. The fourth-order valence-corrected chi connectivity index (χ4v) is 2.23. The maximum absolute atomic E-state index is 11.7. The lowest BCUT2D eigenvalue weighted by molar-refractivity contribution is -0.144. The highest BCUT2D eigenvalue weighted by atomic mass is 16.5. The molecule has 0 rings (SSSR count). The summed E-state index contributed by atoms with van der Waals surface area (Å²) < 4.78 is 4.80. The van der Waals surface area contributed by atoms with E-state index in [0.29, 0.717) is 45.4 Å². The number of ether oxygens (including phenoxy) is 1. The molecule has 0 heterocycles. The van der Waals surface area contributed by atoms with Crippen LogP contribution in [0, 0.1) is 0 Å². The van der Waals surface area contributed by atoms with E-state index < -0.39 is 12.1 Å². The summed E-state index contributed by atoms with van der Waals surface area (Å²) in [5, 5.41) is 15.8. The molecule has 0 saturated carbocycles. The number of unbranched alkanes of at least 4 members (excludes halogenated alkanes) is 1. The average molecular weight is 359 g/mol. The van der Waals surface area contributed by atoms with Crippen molar-refractivity contribution in [3.63, 3.8) is 0 Å². The molecule has 8 heteroatoms. The lowest BCUT2D eigenvalue weighted by Gasteiger charge is -2.25. The number of likely N-dealkylation sites (N-methyl/N-ethyl adjacent to an activating group) is 1. The molecule has 0 saturated heterocycles. The Hall–Kier alpha value is -1.51. The molecular formula is C17H33N3O5. The monoisotopic (exact) mass is 359 g/mol. The number of esters is 1. The summed E-state index contributed by atoms with van der Waals surface area (Å²) in [4.78, 5) is 35.4. The van der Waals surface area contributed by atoms with Crippen molar-refractivity contribution >= 4 is 17.7 Å². The molecule has 25 heavy (non-hydrogen) atoms. The molecule has 1 atom stereocenters. The molecule has 0 bridgehead atoms. The minimum Gasteiger partial charge on any atom is -0.463 e. The molecule has 0 aromatic rings. The van der Waals surface area contributed by atoms with Crippen LogP contribution in [0.1, 0.15) is 39.5 Å². The first-order chi connectivity index (χ1) is 11.8. The van der Waals surface area contributed by atoms with Crippen molar-refractivity contribution in [3.8, 4) is 0 Å². The van der Waals surface area contributed by atoms with Crippen molar-refractivity contribution in [1.82, 2.24) is 15.5 Å². The van der Waals surface area contributed by atoms with Crippen molar-refractivity contribution < 1.29 is 24.2 Å². The molecule has 1 amide bonds. The van der Waals surface area contributed by atoms with Crippen LogP contribution in [-0.2, 0) is 19.1 Å². The number of nitrogens with one attached hydrogen (secondary N) is 2. The number of hydrogen-bond acceptors (Lipinski definition) is 7. The van der Waals surface area contributed by atoms with Gasteiger partial charge in [0, 0.05) is 52.5 Å². The molecule has 0 radical (unpaired) electrons. The van der Waals surface area contributed by atoms with Crippen molar-refractivity contribution in [2.75, 3.05) is 46.4 Å². The minimum atomic E-state index is -0.761. The Labute approximate surface area is 150 Å². The third-order valence-electron chi connectivity index (χ3n) is 3.56. The van der Waals surface area contributed by atoms with E-state index in [9.17, 15) is 19.5 Å². The van der Waals surface area contributed by atoms with Crippen LogP contribution in [0.3, 0.4) is 0 Å². The second kappa shape index (κ2) is 14.8. The van der Waals surface area contributed by atoms with E-state index in [1.807, 2.05) is 11.9 Å². The zero-order valence-electron chi connectivity index (χ0n) is 15.7. The molecular weight excluding hydrogens is 326 g/mol. The molecule has 0 spiro atoms. The highest BCUT2D eigenvalue weighted by Gasteiger charge is 2.13. The van der Waals surface area contributed by atoms with Gasteiger partial charge in [0.2, 0.25) is 5.91 Å². The Morgan fingerprint density at radius 3 is 2.32 bits per heavy atom. The topological polar surface area (TPSA) is 108 Å². The number of ketones is 1. The van der Waals surface area contributed by atoms with Gasteiger partial charge in [-0.1, -0.05) is 0 Å². The van der Waals surface area contributed by atoms with Crippen LogP contribution in [0.15, 0.2) is 0 Å². The van der Waals surface area contributed by atoms with Crippen molar-refractivity contribution in [2.45, 2.75) is 45.6 Å². The third kappa shape index (κ3) is 15.7. The number of nitrogens with zero attached hydrogens (tertiary/aromatic N) is 1. The summed E-state index contributed by atoms with van der Waals surface area (Å²) in [6, 6.07) is 0. The van der Waals surface area contributed by atoms with Crippen LogP contribution >= 0.6 is 0 Å². The number of Topliss-reactive ketones (excluding diaryl/α,β-unsaturated/α-hetero) is 1. The van der Waals surface area contributed by atoms with Gasteiger partial charge in [0.25, 0.3) is 0 Å². The molecule has 146 valence electrons. The average Bonchev–Trinajstić information content (AvgIpc) is 2.54. The molecule has 0 aliphatic carbocycles. The molecule has 0 aliphatic rings. The molecule has 1 unspecified atom stereocenters. The summed E-state index contributed by atoms with van der Waals surface area (Å²) in [5.41, 5.74) is 0. The maximum Gasteiger partial charge on any atom is 0.302 e. The van der Waals surface area contributed by atoms with Gasteiger partial charge in [0.15, 0.2) is 0 Å². The summed E-state index contributed by atoms with van der Waals surface area (Å²) in [5.74, 6) is -0.302. The molecule has 8 nitrogen and oxygen atoms in total. The largest absolute Gasteiger partial charge is 0.463 e. The SMILES string of the molecule is CNCCN(CCNC(=O)CCCCC(C)=O)CC(O)COC(C)=O. The van der Waals surface area contributed by atoms with Crippen molar-refractivity contribution in [1.29, 1.82) is 0 Å². The molecule has 0 aromatic heterocycles. The quantitative estimate of drug-likeness (QED) is 0.272. The molecule has 0 aliphatic heterocycles. The van der Waals surface area contributed by atoms with Crippen LogP contribution in [-0.4, -0.2) is 80.1 Å². The highest BCUT2D eigenvalue weighted by Crippen LogP contribution is 2.00. The van der Waals surface area contributed by atoms with Gasteiger partial charge in [-0.25, -0.2) is 0 Å².